The maximum atomic E-state index is 14.7. The summed E-state index contributed by atoms with van der Waals surface area (Å²) < 4.78 is 14.7. The molecule has 2 aliphatic heterocycles. The first-order valence-corrected chi connectivity index (χ1v) is 9.91. The molecule has 2 aromatic carbocycles. The molecule has 1 amide bonds. The minimum absolute atomic E-state index is 0.0179. The van der Waals surface area contributed by atoms with Crippen molar-refractivity contribution >= 4 is 28.8 Å². The summed E-state index contributed by atoms with van der Waals surface area (Å²) in [5, 5.41) is 11.1. The van der Waals surface area contributed by atoms with Gasteiger partial charge in [0.25, 0.3) is 5.91 Å². The Kier molecular flexibility index (Phi) is 4.80. The Labute approximate surface area is 166 Å². The van der Waals surface area contributed by atoms with E-state index in [0.717, 1.165) is 0 Å². The van der Waals surface area contributed by atoms with E-state index in [1.54, 1.807) is 47.4 Å². The Balaban J connectivity index is 1.71. The minimum atomic E-state index is -0.887. The Bertz CT molecular complexity index is 951. The van der Waals surface area contributed by atoms with Crippen LogP contribution in [0.2, 0.25) is 0 Å². The Morgan fingerprint density at radius 3 is 2.68 bits per heavy atom. The van der Waals surface area contributed by atoms with Crippen LogP contribution >= 0.6 is 11.8 Å². The molecule has 0 spiro atoms. The zero-order chi connectivity index (χ0) is 19.7. The molecule has 0 aromatic heterocycles. The van der Waals surface area contributed by atoms with Gasteiger partial charge in [-0.2, -0.15) is 0 Å². The van der Waals surface area contributed by atoms with Crippen LogP contribution in [0.3, 0.4) is 0 Å². The topological polar surface area (TPSA) is 94.6 Å². The fraction of sp³-hybridized carbons (Fsp3) is 0.250. The number of thioether (sulfide) groups is 1. The van der Waals surface area contributed by atoms with Crippen molar-refractivity contribution in [1.29, 1.82) is 5.41 Å². The normalized spacial score (nSPS) is 23.7. The number of rotatable bonds is 2. The van der Waals surface area contributed by atoms with Crippen LogP contribution in [-0.4, -0.2) is 40.8 Å². The first-order chi connectivity index (χ1) is 13.5. The molecule has 0 bridgehead atoms. The number of fused-ring (bicyclic) bond motifs is 1. The van der Waals surface area contributed by atoms with Crippen molar-refractivity contribution in [2.24, 2.45) is 16.6 Å². The third-order valence-corrected chi connectivity index (χ3v) is 6.24. The van der Waals surface area contributed by atoms with Gasteiger partial charge in [0.2, 0.25) is 0 Å². The fourth-order valence-electron chi connectivity index (χ4n) is 3.80. The maximum absolute atomic E-state index is 14.7. The van der Waals surface area contributed by atoms with E-state index < -0.39 is 5.54 Å². The number of carbonyl (C=O) groups excluding carboxylic acids is 1. The fourth-order valence-corrected chi connectivity index (χ4v) is 4.93. The highest BCUT2D eigenvalue weighted by molar-refractivity contribution is 8.13. The van der Waals surface area contributed by atoms with E-state index in [0.29, 0.717) is 35.1 Å². The van der Waals surface area contributed by atoms with E-state index in [-0.39, 0.29) is 23.6 Å². The molecule has 8 heteroatoms. The summed E-state index contributed by atoms with van der Waals surface area (Å²) in [6, 6.07) is 15.4. The monoisotopic (exact) mass is 397 g/mol. The lowest BCUT2D eigenvalue weighted by Crippen LogP contribution is -2.43. The molecule has 2 atom stereocenters. The number of nitrogens with one attached hydrogen (secondary N) is 2. The second kappa shape index (κ2) is 7.27. The summed E-state index contributed by atoms with van der Waals surface area (Å²) in [6.07, 6.45) is 0. The Hall–Kier alpha value is -2.87. The predicted molar refractivity (Wildman–Crippen MR) is 109 cm³/mol. The van der Waals surface area contributed by atoms with E-state index in [4.69, 9.17) is 16.1 Å². The minimum Gasteiger partial charge on any atom is -0.370 e. The molecule has 2 aromatic rings. The van der Waals surface area contributed by atoms with Gasteiger partial charge in [0.15, 0.2) is 11.1 Å². The smallest absolute Gasteiger partial charge is 0.257 e. The molecule has 1 saturated heterocycles. The second-order valence-electron chi connectivity index (χ2n) is 6.91. The number of guanidine groups is 1. The van der Waals surface area contributed by atoms with Crippen molar-refractivity contribution in [3.8, 4) is 0 Å². The van der Waals surface area contributed by atoms with Crippen LogP contribution in [0.1, 0.15) is 15.9 Å². The van der Waals surface area contributed by atoms with Gasteiger partial charge in [-0.15, -0.1) is 0 Å². The van der Waals surface area contributed by atoms with E-state index in [9.17, 15) is 9.18 Å². The molecule has 28 heavy (non-hydrogen) atoms. The van der Waals surface area contributed by atoms with Crippen LogP contribution in [-0.2, 0) is 5.54 Å². The van der Waals surface area contributed by atoms with Crippen molar-refractivity contribution in [3.63, 3.8) is 0 Å². The number of halogens is 1. The third-order valence-electron chi connectivity index (χ3n) is 5.21. The zero-order valence-corrected chi connectivity index (χ0v) is 15.9. The van der Waals surface area contributed by atoms with Crippen LogP contribution in [0.5, 0.6) is 0 Å². The van der Waals surface area contributed by atoms with E-state index in [2.05, 4.69) is 5.32 Å². The number of benzene rings is 2. The SMILES string of the molecule is N=C(N)N1C[C@H]2CSC(NC(=O)c3ccccc3)=N[C@@]2(c2ccccc2F)C1. The van der Waals surface area contributed by atoms with Gasteiger partial charge in [-0.3, -0.25) is 10.2 Å². The summed E-state index contributed by atoms with van der Waals surface area (Å²) in [5.74, 6) is -0.0278. The van der Waals surface area contributed by atoms with Crippen LogP contribution < -0.4 is 11.1 Å². The van der Waals surface area contributed by atoms with Gasteiger partial charge in [-0.25, -0.2) is 9.38 Å². The summed E-state index contributed by atoms with van der Waals surface area (Å²) in [6.45, 7) is 0.833. The van der Waals surface area contributed by atoms with E-state index in [1.165, 1.54) is 17.8 Å². The Morgan fingerprint density at radius 2 is 1.96 bits per heavy atom. The number of hydrogen-bond donors (Lipinski definition) is 3. The van der Waals surface area contributed by atoms with E-state index in [1.807, 2.05) is 6.07 Å². The van der Waals surface area contributed by atoms with Crippen molar-refractivity contribution in [1.82, 2.24) is 10.2 Å². The molecule has 1 fully saturated rings. The van der Waals surface area contributed by atoms with Crippen LogP contribution in [0.25, 0.3) is 0 Å². The third kappa shape index (κ3) is 3.24. The highest BCUT2D eigenvalue weighted by atomic mass is 32.2. The number of nitrogens with two attached hydrogens (primary N) is 1. The summed E-state index contributed by atoms with van der Waals surface area (Å²) >= 11 is 1.43. The molecule has 144 valence electrons. The zero-order valence-electron chi connectivity index (χ0n) is 15.1. The lowest BCUT2D eigenvalue weighted by atomic mass is 9.81. The number of amidine groups is 1. The molecule has 0 unspecified atom stereocenters. The molecule has 0 aliphatic carbocycles. The van der Waals surface area contributed by atoms with Gasteiger partial charge in [-0.05, 0) is 18.2 Å². The molecular formula is C20H20FN5OS. The van der Waals surface area contributed by atoms with Crippen molar-refractivity contribution < 1.29 is 9.18 Å². The molecule has 4 rings (SSSR count). The van der Waals surface area contributed by atoms with Gasteiger partial charge in [0.05, 0.1) is 6.54 Å². The molecule has 0 radical (unpaired) electrons. The summed E-state index contributed by atoms with van der Waals surface area (Å²) in [4.78, 5) is 19.1. The first-order valence-electron chi connectivity index (χ1n) is 8.92. The second-order valence-corrected chi connectivity index (χ2v) is 7.92. The molecule has 2 aliphatic rings. The number of likely N-dealkylation sites (tertiary alicyclic amines) is 1. The van der Waals surface area contributed by atoms with Crippen LogP contribution in [0, 0.1) is 17.1 Å². The van der Waals surface area contributed by atoms with Gasteiger partial charge in [0.1, 0.15) is 11.4 Å². The number of nitrogens with zero attached hydrogens (tertiary/aromatic N) is 2. The molecule has 6 nitrogen and oxygen atoms in total. The van der Waals surface area contributed by atoms with Gasteiger partial charge < -0.3 is 16.0 Å². The van der Waals surface area contributed by atoms with Crippen molar-refractivity contribution in [3.05, 3.63) is 71.5 Å². The standard InChI is InChI=1S/C20H20FN5OS/c21-16-9-5-4-8-15(16)20-12-26(18(22)23)10-14(20)11-28-19(25-20)24-17(27)13-6-2-1-3-7-13/h1-9,14H,10-12H2,(H3,22,23)(H,24,25,27)/t14-,20-/m0/s1. The lowest BCUT2D eigenvalue weighted by Gasteiger charge is -2.35. The molecular weight excluding hydrogens is 377 g/mol. The van der Waals surface area contributed by atoms with Crippen LogP contribution in [0.4, 0.5) is 4.39 Å². The van der Waals surface area contributed by atoms with Crippen LogP contribution in [0.15, 0.2) is 59.6 Å². The maximum Gasteiger partial charge on any atom is 0.257 e. The predicted octanol–water partition coefficient (Wildman–Crippen LogP) is 2.38. The lowest BCUT2D eigenvalue weighted by molar-refractivity contribution is 0.0977. The number of amides is 1. The average Bonchev–Trinajstić information content (AvgIpc) is 3.09. The summed E-state index contributed by atoms with van der Waals surface area (Å²) in [5.41, 5.74) is 5.82. The van der Waals surface area contributed by atoms with Crippen molar-refractivity contribution in [2.45, 2.75) is 5.54 Å². The molecule has 2 heterocycles. The Morgan fingerprint density at radius 1 is 1.25 bits per heavy atom. The number of hydrogen-bond acceptors (Lipinski definition) is 4. The van der Waals surface area contributed by atoms with Crippen molar-refractivity contribution in [2.75, 3.05) is 18.8 Å². The quantitative estimate of drug-likeness (QED) is 0.536. The highest BCUT2D eigenvalue weighted by Crippen LogP contribution is 2.46. The average molecular weight is 397 g/mol. The van der Waals surface area contributed by atoms with Gasteiger partial charge in [0, 0.05) is 29.3 Å². The first kappa shape index (κ1) is 18.5. The number of aliphatic imine (C=N–C) groups is 1. The van der Waals surface area contributed by atoms with Gasteiger partial charge in [-0.1, -0.05) is 48.2 Å². The summed E-state index contributed by atoms with van der Waals surface area (Å²) in [7, 11) is 0. The molecule has 4 N–H and O–H groups in total. The van der Waals surface area contributed by atoms with Gasteiger partial charge >= 0.3 is 0 Å². The molecule has 0 saturated carbocycles. The number of carbonyl (C=O) groups is 1. The van der Waals surface area contributed by atoms with E-state index >= 15 is 0 Å². The largest absolute Gasteiger partial charge is 0.370 e. The highest BCUT2D eigenvalue weighted by Gasteiger charge is 2.52.